The van der Waals surface area contributed by atoms with Crippen LogP contribution in [0.1, 0.15) is 18.4 Å². The van der Waals surface area contributed by atoms with Crippen molar-refractivity contribution in [2.24, 2.45) is 0 Å². The second kappa shape index (κ2) is 4.84. The molecule has 1 aromatic rings. The first kappa shape index (κ1) is 12.0. The Morgan fingerprint density at radius 3 is 2.71 bits per heavy atom. The van der Waals surface area contributed by atoms with Gasteiger partial charge in [0.15, 0.2) is 0 Å². The molecule has 0 heterocycles. The first-order valence-electron chi connectivity index (χ1n) is 5.84. The number of rotatable bonds is 5. The fourth-order valence-corrected chi connectivity index (χ4v) is 2.07. The van der Waals surface area contributed by atoms with Crippen molar-refractivity contribution in [2.75, 3.05) is 20.1 Å². The molecule has 0 unspecified atom stereocenters. The molecule has 1 saturated carbocycles. The predicted octanol–water partition coefficient (Wildman–Crippen LogP) is 1.19. The average molecular weight is 236 g/mol. The number of carbonyl (C=O) groups excluding carboxylic acids is 1. The van der Waals surface area contributed by atoms with Crippen molar-refractivity contribution in [2.45, 2.75) is 18.3 Å². The Morgan fingerprint density at radius 2 is 2.12 bits per heavy atom. The van der Waals surface area contributed by atoms with E-state index in [1.165, 1.54) is 6.07 Å². The summed E-state index contributed by atoms with van der Waals surface area (Å²) in [5.74, 6) is -0.219. The van der Waals surface area contributed by atoms with E-state index in [0.717, 1.165) is 18.4 Å². The van der Waals surface area contributed by atoms with E-state index < -0.39 is 0 Å². The summed E-state index contributed by atoms with van der Waals surface area (Å²) in [6.45, 7) is 0.821. The molecule has 1 aromatic carbocycles. The average Bonchev–Trinajstić information content (AvgIpc) is 3.09. The van der Waals surface area contributed by atoms with Gasteiger partial charge in [0.1, 0.15) is 5.82 Å². The van der Waals surface area contributed by atoms with Crippen molar-refractivity contribution in [3.8, 4) is 0 Å². The number of nitrogens with one attached hydrogen (secondary N) is 2. The third kappa shape index (κ3) is 2.64. The molecule has 17 heavy (non-hydrogen) atoms. The highest BCUT2D eigenvalue weighted by atomic mass is 19.1. The molecule has 0 radical (unpaired) electrons. The Labute approximate surface area is 100 Å². The van der Waals surface area contributed by atoms with Crippen molar-refractivity contribution in [1.82, 2.24) is 10.6 Å². The minimum atomic E-state index is -0.173. The van der Waals surface area contributed by atoms with Crippen LogP contribution in [0.2, 0.25) is 0 Å². The maximum Gasteiger partial charge on any atom is 0.233 e. The first-order chi connectivity index (χ1) is 8.18. The van der Waals surface area contributed by atoms with Crippen molar-refractivity contribution < 1.29 is 9.18 Å². The van der Waals surface area contributed by atoms with Gasteiger partial charge in [-0.1, -0.05) is 18.2 Å². The van der Waals surface area contributed by atoms with Crippen molar-refractivity contribution in [3.05, 3.63) is 35.6 Å². The molecule has 0 aliphatic heterocycles. The van der Waals surface area contributed by atoms with Crippen LogP contribution < -0.4 is 10.6 Å². The minimum Gasteiger partial charge on any atom is -0.354 e. The van der Waals surface area contributed by atoms with Gasteiger partial charge in [-0.2, -0.15) is 0 Å². The van der Waals surface area contributed by atoms with Gasteiger partial charge in [-0.15, -0.1) is 0 Å². The number of benzene rings is 1. The molecule has 3 nitrogen and oxygen atoms in total. The molecule has 92 valence electrons. The Hall–Kier alpha value is -1.42. The monoisotopic (exact) mass is 236 g/mol. The summed E-state index contributed by atoms with van der Waals surface area (Å²) in [5.41, 5.74) is 0.555. The number of amides is 1. The molecule has 0 atom stereocenters. The largest absolute Gasteiger partial charge is 0.354 e. The molecular formula is C13H17FN2O. The number of hydrogen-bond donors (Lipinski definition) is 2. The zero-order chi connectivity index (χ0) is 12.3. The van der Waals surface area contributed by atoms with Crippen molar-refractivity contribution >= 4 is 5.91 Å². The maximum atomic E-state index is 13.7. The summed E-state index contributed by atoms with van der Waals surface area (Å²) in [4.78, 5) is 11.4. The minimum absolute atomic E-state index is 0.0462. The Morgan fingerprint density at radius 1 is 1.41 bits per heavy atom. The second-order valence-electron chi connectivity index (χ2n) is 4.57. The van der Waals surface area contributed by atoms with Gasteiger partial charge in [-0.25, -0.2) is 4.39 Å². The summed E-state index contributed by atoms with van der Waals surface area (Å²) in [7, 11) is 1.73. The lowest BCUT2D eigenvalue weighted by Gasteiger charge is -2.17. The van der Waals surface area contributed by atoms with Gasteiger partial charge in [0, 0.05) is 12.0 Å². The lowest BCUT2D eigenvalue weighted by molar-refractivity contribution is -0.120. The lowest BCUT2D eigenvalue weighted by atomic mass is 9.95. The van der Waals surface area contributed by atoms with Gasteiger partial charge in [0.05, 0.1) is 6.54 Å². The van der Waals surface area contributed by atoms with Crippen LogP contribution in [0.4, 0.5) is 4.39 Å². The van der Waals surface area contributed by atoms with Crippen LogP contribution in [-0.2, 0) is 10.2 Å². The number of hydrogen-bond acceptors (Lipinski definition) is 2. The number of carbonyl (C=O) groups is 1. The van der Waals surface area contributed by atoms with Crippen molar-refractivity contribution in [3.63, 3.8) is 0 Å². The first-order valence-corrected chi connectivity index (χ1v) is 5.84. The molecule has 2 N–H and O–H groups in total. The molecule has 0 aromatic heterocycles. The summed E-state index contributed by atoms with van der Waals surface area (Å²) in [5, 5.41) is 5.63. The fourth-order valence-electron chi connectivity index (χ4n) is 2.07. The number of likely N-dealkylation sites (N-methyl/N-ethyl adjacent to an activating group) is 1. The molecule has 1 aliphatic rings. The Balaban J connectivity index is 2.01. The van der Waals surface area contributed by atoms with E-state index in [2.05, 4.69) is 10.6 Å². The highest BCUT2D eigenvalue weighted by Crippen LogP contribution is 2.48. The highest BCUT2D eigenvalue weighted by molar-refractivity contribution is 5.78. The van der Waals surface area contributed by atoms with Gasteiger partial charge in [-0.3, -0.25) is 4.79 Å². The zero-order valence-corrected chi connectivity index (χ0v) is 9.92. The molecule has 1 fully saturated rings. The van der Waals surface area contributed by atoms with E-state index in [9.17, 15) is 9.18 Å². The Kier molecular flexibility index (Phi) is 3.43. The number of halogens is 1. The lowest BCUT2D eigenvalue weighted by Crippen LogP contribution is -2.37. The van der Waals surface area contributed by atoms with Gasteiger partial charge >= 0.3 is 0 Å². The quantitative estimate of drug-likeness (QED) is 0.806. The summed E-state index contributed by atoms with van der Waals surface area (Å²) >= 11 is 0. The predicted molar refractivity (Wildman–Crippen MR) is 64.2 cm³/mol. The Bertz CT molecular complexity index is 416. The maximum absolute atomic E-state index is 13.7. The van der Waals surface area contributed by atoms with Crippen LogP contribution in [-0.4, -0.2) is 26.0 Å². The molecule has 0 spiro atoms. The van der Waals surface area contributed by atoms with Gasteiger partial charge in [0.25, 0.3) is 0 Å². The van der Waals surface area contributed by atoms with Crippen molar-refractivity contribution in [1.29, 1.82) is 0 Å². The van der Waals surface area contributed by atoms with Gasteiger partial charge in [-0.05, 0) is 31.5 Å². The molecule has 0 saturated heterocycles. The van der Waals surface area contributed by atoms with Crippen LogP contribution in [0.3, 0.4) is 0 Å². The summed E-state index contributed by atoms with van der Waals surface area (Å²) in [6.07, 6.45) is 1.88. The standard InChI is InChI=1S/C13H17FN2O/c1-15-8-12(17)16-9-13(6-7-13)10-4-2-3-5-11(10)14/h2-5,15H,6-9H2,1H3,(H,16,17). The molecule has 1 amide bonds. The third-order valence-electron chi connectivity index (χ3n) is 3.26. The molecule has 1 aliphatic carbocycles. The van der Waals surface area contributed by atoms with Gasteiger partial charge in [0.2, 0.25) is 5.91 Å². The van der Waals surface area contributed by atoms with E-state index in [1.807, 2.05) is 12.1 Å². The van der Waals surface area contributed by atoms with E-state index in [0.29, 0.717) is 13.1 Å². The van der Waals surface area contributed by atoms with E-state index in [-0.39, 0.29) is 17.1 Å². The normalized spacial score (nSPS) is 16.6. The van der Waals surface area contributed by atoms with Crippen LogP contribution in [0.5, 0.6) is 0 Å². The zero-order valence-electron chi connectivity index (χ0n) is 9.92. The van der Waals surface area contributed by atoms with Crippen LogP contribution in [0.15, 0.2) is 24.3 Å². The van der Waals surface area contributed by atoms with E-state index >= 15 is 0 Å². The molecule has 2 rings (SSSR count). The summed E-state index contributed by atoms with van der Waals surface area (Å²) in [6, 6.07) is 6.82. The topological polar surface area (TPSA) is 41.1 Å². The molecular weight excluding hydrogens is 219 g/mol. The smallest absolute Gasteiger partial charge is 0.233 e. The fraction of sp³-hybridized carbons (Fsp3) is 0.462. The second-order valence-corrected chi connectivity index (χ2v) is 4.57. The van der Waals surface area contributed by atoms with Gasteiger partial charge < -0.3 is 10.6 Å². The molecule has 4 heteroatoms. The van der Waals surface area contributed by atoms with Crippen LogP contribution in [0.25, 0.3) is 0 Å². The van der Waals surface area contributed by atoms with E-state index in [1.54, 1.807) is 13.1 Å². The highest BCUT2D eigenvalue weighted by Gasteiger charge is 2.45. The van der Waals surface area contributed by atoms with Crippen LogP contribution >= 0.6 is 0 Å². The molecule has 0 bridgehead atoms. The SMILES string of the molecule is CNCC(=O)NCC1(c2ccccc2F)CC1. The third-order valence-corrected chi connectivity index (χ3v) is 3.26. The summed E-state index contributed by atoms with van der Waals surface area (Å²) < 4.78 is 13.7. The van der Waals surface area contributed by atoms with Crippen LogP contribution in [0, 0.1) is 5.82 Å². The van der Waals surface area contributed by atoms with E-state index in [4.69, 9.17) is 0 Å².